The highest BCUT2D eigenvalue weighted by Crippen LogP contribution is 2.36. The lowest BCUT2D eigenvalue weighted by molar-refractivity contribution is -0.126. The number of aromatic hydroxyl groups is 1. The van der Waals surface area contributed by atoms with Crippen LogP contribution in [0.3, 0.4) is 0 Å². The summed E-state index contributed by atoms with van der Waals surface area (Å²) in [6, 6.07) is 3.95. The molecule has 0 aromatic heterocycles. The molecule has 3 N–H and O–H groups in total. The highest BCUT2D eigenvalue weighted by Gasteiger charge is 2.40. The van der Waals surface area contributed by atoms with E-state index in [2.05, 4.69) is 15.5 Å². The number of carbonyl (C=O) groups excluding carboxylic acids is 2. The van der Waals surface area contributed by atoms with E-state index in [-0.39, 0.29) is 17.7 Å². The summed E-state index contributed by atoms with van der Waals surface area (Å²) in [5.74, 6) is 0.258. The van der Waals surface area contributed by atoms with Gasteiger partial charge >= 0.3 is 6.03 Å². The molecule has 3 heterocycles. The van der Waals surface area contributed by atoms with Gasteiger partial charge in [-0.1, -0.05) is 6.07 Å². The molecule has 0 bridgehead atoms. The van der Waals surface area contributed by atoms with Crippen molar-refractivity contribution < 1.29 is 19.4 Å². The van der Waals surface area contributed by atoms with Crippen LogP contribution in [0.25, 0.3) is 0 Å². The Balaban J connectivity index is 1.55. The maximum atomic E-state index is 13.0. The molecule has 1 aromatic carbocycles. The summed E-state index contributed by atoms with van der Waals surface area (Å²) in [4.78, 5) is 29.3. The number of benzene rings is 1. The zero-order valence-electron chi connectivity index (χ0n) is 15.3. The van der Waals surface area contributed by atoms with E-state index in [0.717, 1.165) is 19.6 Å². The van der Waals surface area contributed by atoms with Crippen LogP contribution in [0.1, 0.15) is 24.4 Å². The summed E-state index contributed by atoms with van der Waals surface area (Å²) in [6.45, 7) is 4.09. The molecular formula is C19H24N4O4. The molecule has 0 unspecified atom stereocenters. The number of amides is 3. The third-order valence-electron chi connectivity index (χ3n) is 5.44. The second-order valence-electron chi connectivity index (χ2n) is 7.13. The van der Waals surface area contributed by atoms with Gasteiger partial charge in [0.25, 0.3) is 5.91 Å². The topological polar surface area (TPSA) is 94.1 Å². The zero-order chi connectivity index (χ0) is 19.0. The van der Waals surface area contributed by atoms with Gasteiger partial charge in [-0.2, -0.15) is 0 Å². The Morgan fingerprint density at radius 3 is 2.74 bits per heavy atom. The van der Waals surface area contributed by atoms with Gasteiger partial charge in [0.15, 0.2) is 11.5 Å². The van der Waals surface area contributed by atoms with Gasteiger partial charge < -0.3 is 30.3 Å². The number of carbonyl (C=O) groups is 2. The number of hydrogen-bond acceptors (Lipinski definition) is 5. The van der Waals surface area contributed by atoms with E-state index in [4.69, 9.17) is 4.74 Å². The molecule has 144 valence electrons. The average Bonchev–Trinajstić information content (AvgIpc) is 3.28. The zero-order valence-corrected chi connectivity index (χ0v) is 15.3. The summed E-state index contributed by atoms with van der Waals surface area (Å²) in [5, 5.41) is 15.4. The van der Waals surface area contributed by atoms with Crippen molar-refractivity contribution in [2.45, 2.75) is 18.9 Å². The summed E-state index contributed by atoms with van der Waals surface area (Å²) in [6.07, 6.45) is 2.43. The number of urea groups is 1. The normalized spacial score (nSPS) is 22.7. The summed E-state index contributed by atoms with van der Waals surface area (Å²) < 4.78 is 5.16. The van der Waals surface area contributed by atoms with E-state index in [0.29, 0.717) is 35.7 Å². The van der Waals surface area contributed by atoms with Crippen LogP contribution in [0.4, 0.5) is 4.79 Å². The molecule has 3 aliphatic heterocycles. The quantitative estimate of drug-likeness (QED) is 0.715. The molecule has 1 aromatic rings. The molecule has 0 radical (unpaired) electrons. The fourth-order valence-corrected chi connectivity index (χ4v) is 4.00. The lowest BCUT2D eigenvalue weighted by Crippen LogP contribution is -2.44. The SMILES string of the molecule is COc1cc([C@@H]2NC(=O)NC3=C2C(=O)N(CCN2CCCC2)C3)ccc1O. The fraction of sp³-hybridized carbons (Fsp3) is 0.474. The molecule has 1 atom stereocenters. The second-order valence-corrected chi connectivity index (χ2v) is 7.13. The van der Waals surface area contributed by atoms with Crippen molar-refractivity contribution in [3.05, 3.63) is 35.0 Å². The van der Waals surface area contributed by atoms with E-state index in [1.54, 1.807) is 17.0 Å². The van der Waals surface area contributed by atoms with Crippen molar-refractivity contribution in [2.24, 2.45) is 0 Å². The van der Waals surface area contributed by atoms with Crippen LogP contribution in [0.2, 0.25) is 0 Å². The smallest absolute Gasteiger partial charge is 0.319 e. The molecular weight excluding hydrogens is 348 g/mol. The molecule has 3 amide bonds. The minimum atomic E-state index is -0.562. The van der Waals surface area contributed by atoms with Crippen molar-refractivity contribution >= 4 is 11.9 Å². The Morgan fingerprint density at radius 1 is 1.22 bits per heavy atom. The summed E-state index contributed by atoms with van der Waals surface area (Å²) in [5.41, 5.74) is 1.91. The second kappa shape index (κ2) is 7.11. The monoisotopic (exact) mass is 372 g/mol. The van der Waals surface area contributed by atoms with Gasteiger partial charge in [0.1, 0.15) is 0 Å². The van der Waals surface area contributed by atoms with Crippen LogP contribution in [-0.4, -0.2) is 66.7 Å². The highest BCUT2D eigenvalue weighted by atomic mass is 16.5. The number of nitrogens with one attached hydrogen (secondary N) is 2. The van der Waals surface area contributed by atoms with E-state index in [9.17, 15) is 14.7 Å². The molecule has 1 saturated heterocycles. The van der Waals surface area contributed by atoms with Crippen molar-refractivity contribution in [3.8, 4) is 11.5 Å². The van der Waals surface area contributed by atoms with E-state index in [1.807, 2.05) is 0 Å². The van der Waals surface area contributed by atoms with Crippen LogP contribution in [-0.2, 0) is 4.79 Å². The van der Waals surface area contributed by atoms with Crippen molar-refractivity contribution in [1.29, 1.82) is 0 Å². The number of ether oxygens (including phenoxy) is 1. The van der Waals surface area contributed by atoms with Crippen molar-refractivity contribution in [3.63, 3.8) is 0 Å². The molecule has 3 aliphatic rings. The van der Waals surface area contributed by atoms with Crippen molar-refractivity contribution in [1.82, 2.24) is 20.4 Å². The van der Waals surface area contributed by atoms with Crippen LogP contribution >= 0.6 is 0 Å². The molecule has 27 heavy (non-hydrogen) atoms. The van der Waals surface area contributed by atoms with E-state index in [1.165, 1.54) is 26.0 Å². The Labute approximate surface area is 157 Å². The Bertz CT molecular complexity index is 801. The van der Waals surface area contributed by atoms with Gasteiger partial charge in [0, 0.05) is 13.1 Å². The molecule has 0 aliphatic carbocycles. The number of methoxy groups -OCH3 is 1. The molecule has 8 nitrogen and oxygen atoms in total. The first-order valence-electron chi connectivity index (χ1n) is 9.26. The molecule has 0 spiro atoms. The van der Waals surface area contributed by atoms with Crippen LogP contribution in [0.15, 0.2) is 29.5 Å². The molecule has 1 fully saturated rings. The largest absolute Gasteiger partial charge is 0.504 e. The van der Waals surface area contributed by atoms with E-state index >= 15 is 0 Å². The first-order valence-corrected chi connectivity index (χ1v) is 9.26. The molecule has 8 heteroatoms. The number of phenols is 1. The van der Waals surface area contributed by atoms with Gasteiger partial charge in [-0.05, 0) is 43.6 Å². The first-order chi connectivity index (χ1) is 13.1. The lowest BCUT2D eigenvalue weighted by atomic mass is 9.96. The first kappa shape index (κ1) is 17.7. The fourth-order valence-electron chi connectivity index (χ4n) is 4.00. The van der Waals surface area contributed by atoms with Crippen LogP contribution < -0.4 is 15.4 Å². The van der Waals surface area contributed by atoms with Gasteiger partial charge in [-0.3, -0.25) is 4.79 Å². The maximum Gasteiger partial charge on any atom is 0.319 e. The number of likely N-dealkylation sites (tertiary alicyclic amines) is 1. The average molecular weight is 372 g/mol. The number of hydrogen-bond donors (Lipinski definition) is 3. The third kappa shape index (κ3) is 3.32. The third-order valence-corrected chi connectivity index (χ3v) is 5.44. The van der Waals surface area contributed by atoms with Gasteiger partial charge in [-0.25, -0.2) is 4.79 Å². The van der Waals surface area contributed by atoms with Gasteiger partial charge in [0.05, 0.1) is 31.0 Å². The van der Waals surface area contributed by atoms with Crippen molar-refractivity contribution in [2.75, 3.05) is 39.8 Å². The standard InChI is InChI=1S/C19H24N4O4/c1-27-15-10-12(4-5-14(15)24)17-16-13(20-19(26)21-17)11-23(18(16)25)9-8-22-6-2-3-7-22/h4-5,10,17,24H,2-3,6-9,11H2,1H3,(H2,20,21,26)/t17-/m0/s1. The number of nitrogens with zero attached hydrogens (tertiary/aromatic N) is 2. The number of phenolic OH excluding ortho intramolecular Hbond substituents is 1. The summed E-state index contributed by atoms with van der Waals surface area (Å²) in [7, 11) is 1.46. The van der Waals surface area contributed by atoms with Crippen LogP contribution in [0.5, 0.6) is 11.5 Å². The minimum absolute atomic E-state index is 0.0145. The molecule has 0 saturated carbocycles. The maximum absolute atomic E-state index is 13.0. The van der Waals surface area contributed by atoms with E-state index < -0.39 is 6.04 Å². The van der Waals surface area contributed by atoms with Gasteiger partial charge in [0.2, 0.25) is 0 Å². The van der Waals surface area contributed by atoms with Gasteiger partial charge in [-0.15, -0.1) is 0 Å². The minimum Gasteiger partial charge on any atom is -0.504 e. The predicted molar refractivity (Wildman–Crippen MR) is 98.3 cm³/mol. The Kier molecular flexibility index (Phi) is 4.65. The summed E-state index contributed by atoms with van der Waals surface area (Å²) >= 11 is 0. The number of rotatable bonds is 5. The Hall–Kier alpha value is -2.74. The lowest BCUT2D eigenvalue weighted by Gasteiger charge is -2.26. The molecule has 4 rings (SSSR count). The Morgan fingerprint density at radius 2 is 2.00 bits per heavy atom. The predicted octanol–water partition coefficient (Wildman–Crippen LogP) is 0.947. The van der Waals surface area contributed by atoms with Crippen LogP contribution in [0, 0.1) is 0 Å². The highest BCUT2D eigenvalue weighted by molar-refractivity contribution is 6.01.